The third-order valence-electron chi connectivity index (χ3n) is 5.70. The van der Waals surface area contributed by atoms with Crippen molar-refractivity contribution in [2.24, 2.45) is 0 Å². The number of nitrogens with one attached hydrogen (secondary N) is 1. The molecule has 2 aliphatic heterocycles. The van der Waals surface area contributed by atoms with Gasteiger partial charge in [0.15, 0.2) is 0 Å². The largest absolute Gasteiger partial charge is 0.371 e. The van der Waals surface area contributed by atoms with E-state index in [2.05, 4.69) is 58.7 Å². The smallest absolute Gasteiger partial charge is 0.239 e. The van der Waals surface area contributed by atoms with Crippen molar-refractivity contribution in [3.05, 3.63) is 54.6 Å². The molecule has 2 aromatic rings. The molecule has 0 spiro atoms. The van der Waals surface area contributed by atoms with Gasteiger partial charge >= 0.3 is 0 Å². The molecular formula is C22H27N3O. The van der Waals surface area contributed by atoms with E-state index in [4.69, 9.17) is 0 Å². The maximum absolute atomic E-state index is 12.1. The number of likely N-dealkylation sites (tertiary alicyclic amines) is 1. The Balaban J connectivity index is 1.33. The maximum Gasteiger partial charge on any atom is 0.239 e. The molecule has 4 heteroatoms. The highest BCUT2D eigenvalue weighted by Gasteiger charge is 2.31. The topological polar surface area (TPSA) is 35.6 Å². The van der Waals surface area contributed by atoms with Gasteiger partial charge in [-0.3, -0.25) is 4.79 Å². The highest BCUT2D eigenvalue weighted by Crippen LogP contribution is 2.25. The molecule has 2 saturated heterocycles. The molecule has 1 amide bonds. The van der Waals surface area contributed by atoms with Gasteiger partial charge in [0, 0.05) is 38.4 Å². The van der Waals surface area contributed by atoms with Crippen LogP contribution in [0.25, 0.3) is 11.1 Å². The Morgan fingerprint density at radius 1 is 0.846 bits per heavy atom. The Morgan fingerprint density at radius 3 is 2.12 bits per heavy atom. The second-order valence-corrected chi connectivity index (χ2v) is 7.44. The van der Waals surface area contributed by atoms with Gasteiger partial charge in [-0.1, -0.05) is 42.5 Å². The zero-order chi connectivity index (χ0) is 17.9. The normalized spacial score (nSPS) is 21.4. The number of piperidine rings is 1. The minimum absolute atomic E-state index is 0.0294. The van der Waals surface area contributed by atoms with Gasteiger partial charge in [-0.25, -0.2) is 0 Å². The molecule has 2 fully saturated rings. The van der Waals surface area contributed by atoms with Crippen LogP contribution in [0.4, 0.5) is 5.69 Å². The van der Waals surface area contributed by atoms with Gasteiger partial charge in [0.1, 0.15) is 0 Å². The number of rotatable bonds is 4. The van der Waals surface area contributed by atoms with Crippen molar-refractivity contribution < 1.29 is 4.79 Å². The van der Waals surface area contributed by atoms with Gasteiger partial charge in [0.05, 0.1) is 6.04 Å². The first-order chi connectivity index (χ1) is 12.7. The summed E-state index contributed by atoms with van der Waals surface area (Å²) < 4.78 is 0. The Kier molecular flexibility index (Phi) is 4.93. The molecule has 26 heavy (non-hydrogen) atoms. The summed E-state index contributed by atoms with van der Waals surface area (Å²) in [5, 5.41) is 3.58. The standard InChI is InChI=1S/C22H27N3O/c1-24-14-13-21(22(24)26)23-19-11-15-25(16-12-19)20-9-7-18(8-10-20)17-5-3-2-4-6-17/h2-10,19,21,23H,11-16H2,1H3/t21-/m1/s1. The van der Waals surface area contributed by atoms with Gasteiger partial charge in [-0.05, 0) is 42.5 Å². The molecular weight excluding hydrogens is 322 g/mol. The van der Waals surface area contributed by atoms with Gasteiger partial charge in [-0.15, -0.1) is 0 Å². The van der Waals surface area contributed by atoms with Crippen molar-refractivity contribution in [2.45, 2.75) is 31.3 Å². The molecule has 0 aromatic heterocycles. The molecule has 2 aromatic carbocycles. The minimum atomic E-state index is 0.0294. The zero-order valence-electron chi connectivity index (χ0n) is 15.4. The van der Waals surface area contributed by atoms with Gasteiger partial charge in [-0.2, -0.15) is 0 Å². The predicted molar refractivity (Wildman–Crippen MR) is 106 cm³/mol. The molecule has 4 nitrogen and oxygen atoms in total. The highest BCUT2D eigenvalue weighted by atomic mass is 16.2. The summed E-state index contributed by atoms with van der Waals surface area (Å²) in [4.78, 5) is 16.4. The average Bonchev–Trinajstić information content (AvgIpc) is 3.02. The molecule has 1 atom stereocenters. The van der Waals surface area contributed by atoms with Crippen LogP contribution >= 0.6 is 0 Å². The number of carbonyl (C=O) groups excluding carboxylic acids is 1. The third kappa shape index (κ3) is 3.61. The second kappa shape index (κ2) is 7.50. The Labute approximate surface area is 155 Å². The van der Waals surface area contributed by atoms with E-state index in [1.54, 1.807) is 0 Å². The van der Waals surface area contributed by atoms with Crippen LogP contribution in [0, 0.1) is 0 Å². The Hall–Kier alpha value is -2.33. The van der Waals surface area contributed by atoms with Crippen LogP contribution in [0.15, 0.2) is 54.6 Å². The number of hydrogen-bond donors (Lipinski definition) is 1. The fourth-order valence-corrected chi connectivity index (χ4v) is 4.06. The second-order valence-electron chi connectivity index (χ2n) is 7.44. The summed E-state index contributed by atoms with van der Waals surface area (Å²) in [6.45, 7) is 2.96. The lowest BCUT2D eigenvalue weighted by Crippen LogP contribution is -2.48. The summed E-state index contributed by atoms with van der Waals surface area (Å²) in [7, 11) is 1.89. The SMILES string of the molecule is CN1CC[C@@H](NC2CCN(c3ccc(-c4ccccc4)cc3)CC2)C1=O. The summed E-state index contributed by atoms with van der Waals surface area (Å²) in [5.74, 6) is 0.254. The van der Waals surface area contributed by atoms with Crippen molar-refractivity contribution >= 4 is 11.6 Å². The predicted octanol–water partition coefficient (Wildman–Crippen LogP) is 3.14. The molecule has 0 saturated carbocycles. The molecule has 2 aliphatic rings. The maximum atomic E-state index is 12.1. The lowest BCUT2D eigenvalue weighted by atomic mass is 10.0. The summed E-state index contributed by atoms with van der Waals surface area (Å²) >= 11 is 0. The average molecular weight is 349 g/mol. The van der Waals surface area contributed by atoms with E-state index in [0.29, 0.717) is 6.04 Å². The van der Waals surface area contributed by atoms with E-state index < -0.39 is 0 Å². The molecule has 4 rings (SSSR count). The first-order valence-corrected chi connectivity index (χ1v) is 9.62. The van der Waals surface area contributed by atoms with Crippen molar-refractivity contribution in [2.75, 3.05) is 31.6 Å². The lowest BCUT2D eigenvalue weighted by molar-refractivity contribution is -0.128. The number of benzene rings is 2. The Morgan fingerprint density at radius 2 is 1.50 bits per heavy atom. The molecule has 1 N–H and O–H groups in total. The van der Waals surface area contributed by atoms with Gasteiger partial charge < -0.3 is 15.1 Å². The van der Waals surface area contributed by atoms with Gasteiger partial charge in [0.2, 0.25) is 5.91 Å². The van der Waals surface area contributed by atoms with Crippen molar-refractivity contribution in [3.63, 3.8) is 0 Å². The van der Waals surface area contributed by atoms with Crippen LogP contribution in [0.1, 0.15) is 19.3 Å². The van der Waals surface area contributed by atoms with Crippen LogP contribution in [0.5, 0.6) is 0 Å². The van der Waals surface area contributed by atoms with Crippen molar-refractivity contribution in [1.29, 1.82) is 0 Å². The van der Waals surface area contributed by atoms with E-state index >= 15 is 0 Å². The molecule has 0 aliphatic carbocycles. The van der Waals surface area contributed by atoms with Crippen molar-refractivity contribution in [1.82, 2.24) is 10.2 Å². The van der Waals surface area contributed by atoms with E-state index in [1.165, 1.54) is 16.8 Å². The highest BCUT2D eigenvalue weighted by molar-refractivity contribution is 5.83. The first kappa shape index (κ1) is 17.1. The number of amides is 1. The van der Waals surface area contributed by atoms with E-state index in [9.17, 15) is 4.79 Å². The Bertz CT molecular complexity index is 736. The fourth-order valence-electron chi connectivity index (χ4n) is 4.06. The van der Waals surface area contributed by atoms with E-state index in [-0.39, 0.29) is 11.9 Å². The first-order valence-electron chi connectivity index (χ1n) is 9.62. The molecule has 0 radical (unpaired) electrons. The van der Waals surface area contributed by atoms with Crippen LogP contribution in [0.2, 0.25) is 0 Å². The van der Waals surface area contributed by atoms with Crippen LogP contribution in [0.3, 0.4) is 0 Å². The molecule has 0 unspecified atom stereocenters. The summed E-state index contributed by atoms with van der Waals surface area (Å²) in [6.07, 6.45) is 3.12. The van der Waals surface area contributed by atoms with Gasteiger partial charge in [0.25, 0.3) is 0 Å². The molecule has 0 bridgehead atoms. The zero-order valence-corrected chi connectivity index (χ0v) is 15.4. The number of anilines is 1. The molecule has 136 valence electrons. The van der Waals surface area contributed by atoms with E-state index in [0.717, 1.165) is 38.9 Å². The fraction of sp³-hybridized carbons (Fsp3) is 0.409. The van der Waals surface area contributed by atoms with Crippen molar-refractivity contribution in [3.8, 4) is 11.1 Å². The van der Waals surface area contributed by atoms with Crippen LogP contribution < -0.4 is 10.2 Å². The minimum Gasteiger partial charge on any atom is -0.371 e. The summed E-state index contributed by atoms with van der Waals surface area (Å²) in [5.41, 5.74) is 3.81. The van der Waals surface area contributed by atoms with Crippen LogP contribution in [-0.4, -0.2) is 49.6 Å². The number of nitrogens with zero attached hydrogens (tertiary/aromatic N) is 2. The number of carbonyl (C=O) groups is 1. The monoisotopic (exact) mass is 349 g/mol. The number of likely N-dealkylation sites (N-methyl/N-ethyl adjacent to an activating group) is 1. The third-order valence-corrected chi connectivity index (χ3v) is 5.70. The quantitative estimate of drug-likeness (QED) is 0.921. The summed E-state index contributed by atoms with van der Waals surface area (Å²) in [6, 6.07) is 19.9. The lowest BCUT2D eigenvalue weighted by Gasteiger charge is -2.35. The van der Waals surface area contributed by atoms with E-state index in [1.807, 2.05) is 18.0 Å². The molecule has 2 heterocycles. The van der Waals surface area contributed by atoms with Crippen LogP contribution in [-0.2, 0) is 4.79 Å². The number of hydrogen-bond acceptors (Lipinski definition) is 3.